The topological polar surface area (TPSA) is 159 Å². The zero-order valence-electron chi connectivity index (χ0n) is 20.0. The highest BCUT2D eigenvalue weighted by atomic mass is 35.5. The number of halogens is 3. The number of carbonyl (C=O) groups excluding carboxylic acids is 2. The van der Waals surface area contributed by atoms with Crippen molar-refractivity contribution in [3.8, 4) is 17.2 Å². The Kier molecular flexibility index (Phi) is 7.24. The van der Waals surface area contributed by atoms with Crippen LogP contribution in [0.1, 0.15) is 32.1 Å². The van der Waals surface area contributed by atoms with Crippen LogP contribution >= 0.6 is 34.8 Å². The number of tetrazole rings is 1. The van der Waals surface area contributed by atoms with E-state index in [4.69, 9.17) is 40.5 Å². The minimum Gasteiger partial charge on any atom is -0.366 e. The monoisotopic (exact) mass is 582 g/mol. The van der Waals surface area contributed by atoms with Crippen molar-refractivity contribution in [2.45, 2.75) is 13.5 Å². The fraction of sp³-hybridized carbons (Fsp3) is 0.0833. The first kappa shape index (κ1) is 26.2. The van der Waals surface area contributed by atoms with E-state index in [2.05, 4.69) is 35.8 Å². The van der Waals surface area contributed by atoms with Crippen LogP contribution in [0.3, 0.4) is 0 Å². The van der Waals surface area contributed by atoms with Gasteiger partial charge in [-0.2, -0.15) is 9.90 Å². The van der Waals surface area contributed by atoms with E-state index in [9.17, 15) is 9.59 Å². The van der Waals surface area contributed by atoms with E-state index in [-0.39, 0.29) is 34.3 Å². The number of aromatic nitrogens is 8. The molecule has 0 aliphatic carbocycles. The summed E-state index contributed by atoms with van der Waals surface area (Å²) in [5.41, 5.74) is 7.47. The predicted octanol–water partition coefficient (Wildman–Crippen LogP) is 3.98. The summed E-state index contributed by atoms with van der Waals surface area (Å²) < 4.78 is 1.29. The number of amides is 2. The minimum atomic E-state index is -0.749. The summed E-state index contributed by atoms with van der Waals surface area (Å²) in [6.07, 6.45) is 3.05. The van der Waals surface area contributed by atoms with Crippen molar-refractivity contribution in [1.29, 1.82) is 0 Å². The van der Waals surface area contributed by atoms with Gasteiger partial charge in [0.2, 0.25) is 5.82 Å². The molecule has 0 spiro atoms. The Labute approximate surface area is 235 Å². The van der Waals surface area contributed by atoms with Crippen LogP contribution in [0.5, 0.6) is 0 Å². The molecule has 0 fully saturated rings. The Balaban J connectivity index is 1.51. The number of rotatable bonds is 7. The molecule has 196 valence electrons. The number of primary amides is 1. The summed E-state index contributed by atoms with van der Waals surface area (Å²) in [7, 11) is 0. The Hall–Kier alpha value is -4.39. The van der Waals surface area contributed by atoms with Crippen LogP contribution in [0.15, 0.2) is 54.9 Å². The standard InChI is InChI=1S/C24H17Cl3N10O2/c1-12-7-14(25)9-16(21(28)38)20(12)31-24(39)18-10-15(33-37(18)23-17(26)3-2-5-30-23)11-36-34-22(32-35-36)13-4-6-29-19(27)8-13/h2-10H,11H2,1H3,(H2,28,38)(H,31,39). The first-order valence-electron chi connectivity index (χ1n) is 11.2. The van der Waals surface area contributed by atoms with Gasteiger partial charge in [-0.3, -0.25) is 9.59 Å². The first-order chi connectivity index (χ1) is 18.7. The molecule has 0 atom stereocenters. The van der Waals surface area contributed by atoms with E-state index in [0.717, 1.165) is 0 Å². The number of aryl methyl sites for hydroxylation is 1. The molecule has 12 nitrogen and oxygen atoms in total. The van der Waals surface area contributed by atoms with Crippen LogP contribution in [0.2, 0.25) is 15.2 Å². The molecule has 2 amide bonds. The third-order valence-electron chi connectivity index (χ3n) is 5.48. The zero-order valence-corrected chi connectivity index (χ0v) is 22.3. The fourth-order valence-electron chi connectivity index (χ4n) is 3.76. The number of hydrogen-bond donors (Lipinski definition) is 2. The van der Waals surface area contributed by atoms with Gasteiger partial charge in [-0.25, -0.2) is 14.6 Å². The average molecular weight is 584 g/mol. The number of hydrogen-bond acceptors (Lipinski definition) is 8. The third-order valence-corrected chi connectivity index (χ3v) is 6.20. The summed E-state index contributed by atoms with van der Waals surface area (Å²) in [6.45, 7) is 1.76. The largest absolute Gasteiger partial charge is 0.366 e. The maximum atomic E-state index is 13.5. The molecule has 0 aliphatic heterocycles. The predicted molar refractivity (Wildman–Crippen MR) is 144 cm³/mol. The second kappa shape index (κ2) is 10.8. The Bertz CT molecular complexity index is 1730. The minimum absolute atomic E-state index is 0.0612. The molecule has 0 radical (unpaired) electrons. The van der Waals surface area contributed by atoms with Gasteiger partial charge in [0.15, 0.2) is 5.82 Å². The Morgan fingerprint density at radius 3 is 2.59 bits per heavy atom. The molecule has 4 aromatic heterocycles. The van der Waals surface area contributed by atoms with Gasteiger partial charge in [0.05, 0.1) is 22.0 Å². The van der Waals surface area contributed by atoms with Gasteiger partial charge >= 0.3 is 0 Å². The van der Waals surface area contributed by atoms with E-state index in [1.807, 2.05) is 0 Å². The van der Waals surface area contributed by atoms with Gasteiger partial charge in [0.1, 0.15) is 17.4 Å². The van der Waals surface area contributed by atoms with Gasteiger partial charge in [0.25, 0.3) is 11.8 Å². The van der Waals surface area contributed by atoms with Crippen molar-refractivity contribution >= 4 is 52.3 Å². The average Bonchev–Trinajstić information content (AvgIpc) is 3.53. The van der Waals surface area contributed by atoms with Crippen molar-refractivity contribution in [1.82, 2.24) is 40.0 Å². The third kappa shape index (κ3) is 5.58. The molecule has 0 aliphatic rings. The van der Waals surface area contributed by atoms with E-state index in [0.29, 0.717) is 32.8 Å². The lowest BCUT2D eigenvalue weighted by atomic mass is 10.1. The summed E-state index contributed by atoms with van der Waals surface area (Å²) in [4.78, 5) is 35.1. The number of carbonyl (C=O) groups is 2. The molecule has 0 saturated carbocycles. The van der Waals surface area contributed by atoms with Crippen molar-refractivity contribution in [2.24, 2.45) is 5.73 Å². The zero-order chi connectivity index (χ0) is 27.7. The lowest BCUT2D eigenvalue weighted by Crippen LogP contribution is -2.21. The summed E-state index contributed by atoms with van der Waals surface area (Å²) in [6, 6.07) is 11.1. The summed E-state index contributed by atoms with van der Waals surface area (Å²) in [5, 5.41) is 20.6. The number of anilines is 1. The number of nitrogens with zero attached hydrogens (tertiary/aromatic N) is 8. The smallest absolute Gasteiger partial charge is 0.274 e. The number of nitrogens with one attached hydrogen (secondary N) is 1. The SMILES string of the molecule is Cc1cc(Cl)cc(C(N)=O)c1NC(=O)c1cc(Cn2nnc(-c3ccnc(Cl)c3)n2)nn1-c1ncccc1Cl. The molecular formula is C24H17Cl3N10O2. The van der Waals surface area contributed by atoms with E-state index in [1.54, 1.807) is 37.3 Å². The fourth-order valence-corrected chi connectivity index (χ4v) is 4.41. The van der Waals surface area contributed by atoms with Crippen molar-refractivity contribution in [3.63, 3.8) is 0 Å². The van der Waals surface area contributed by atoms with Crippen molar-refractivity contribution < 1.29 is 9.59 Å². The van der Waals surface area contributed by atoms with Crippen LogP contribution in [0.25, 0.3) is 17.2 Å². The molecule has 5 rings (SSSR count). The number of pyridine rings is 2. The molecule has 1 aromatic carbocycles. The van der Waals surface area contributed by atoms with Crippen LogP contribution in [0.4, 0.5) is 5.69 Å². The Morgan fingerprint density at radius 1 is 1.03 bits per heavy atom. The molecule has 5 aromatic rings. The van der Waals surface area contributed by atoms with Gasteiger partial charge in [-0.15, -0.1) is 10.2 Å². The van der Waals surface area contributed by atoms with Crippen LogP contribution in [-0.2, 0) is 6.54 Å². The van der Waals surface area contributed by atoms with E-state index < -0.39 is 11.8 Å². The Morgan fingerprint density at radius 2 is 1.85 bits per heavy atom. The molecular weight excluding hydrogens is 567 g/mol. The lowest BCUT2D eigenvalue weighted by Gasteiger charge is -2.13. The first-order valence-corrected chi connectivity index (χ1v) is 12.3. The molecule has 0 bridgehead atoms. The highest BCUT2D eigenvalue weighted by Gasteiger charge is 2.23. The van der Waals surface area contributed by atoms with Crippen LogP contribution in [-0.4, -0.2) is 51.8 Å². The number of nitrogens with two attached hydrogens (primary N) is 1. The van der Waals surface area contributed by atoms with E-state index >= 15 is 0 Å². The van der Waals surface area contributed by atoms with E-state index in [1.165, 1.54) is 34.0 Å². The molecule has 0 saturated heterocycles. The van der Waals surface area contributed by atoms with Crippen molar-refractivity contribution in [2.75, 3.05) is 5.32 Å². The van der Waals surface area contributed by atoms with Crippen molar-refractivity contribution in [3.05, 3.63) is 92.6 Å². The molecule has 15 heteroatoms. The normalized spacial score (nSPS) is 11.0. The van der Waals surface area contributed by atoms with Gasteiger partial charge in [0, 0.05) is 23.0 Å². The molecule has 0 unspecified atom stereocenters. The maximum absolute atomic E-state index is 13.5. The second-order valence-electron chi connectivity index (χ2n) is 8.22. The quantitative estimate of drug-likeness (QED) is 0.272. The molecule has 39 heavy (non-hydrogen) atoms. The van der Waals surface area contributed by atoms with Gasteiger partial charge in [-0.05, 0) is 60.2 Å². The highest BCUT2D eigenvalue weighted by molar-refractivity contribution is 6.32. The summed E-state index contributed by atoms with van der Waals surface area (Å²) in [5.74, 6) is -0.790. The van der Waals surface area contributed by atoms with Gasteiger partial charge < -0.3 is 11.1 Å². The maximum Gasteiger partial charge on any atom is 0.274 e. The van der Waals surface area contributed by atoms with Crippen LogP contribution in [0, 0.1) is 6.92 Å². The van der Waals surface area contributed by atoms with Crippen LogP contribution < -0.4 is 11.1 Å². The highest BCUT2D eigenvalue weighted by Crippen LogP contribution is 2.27. The summed E-state index contributed by atoms with van der Waals surface area (Å²) >= 11 is 18.4. The lowest BCUT2D eigenvalue weighted by molar-refractivity contribution is 0.100. The molecule has 4 heterocycles. The second-order valence-corrected chi connectivity index (χ2v) is 9.45. The molecule has 3 N–H and O–H groups in total. The number of benzene rings is 1. The van der Waals surface area contributed by atoms with Gasteiger partial charge in [-0.1, -0.05) is 34.8 Å².